The third-order valence-corrected chi connectivity index (χ3v) is 4.78. The second-order valence-electron chi connectivity index (χ2n) is 9.27. The predicted molar refractivity (Wildman–Crippen MR) is 117 cm³/mol. The van der Waals surface area contributed by atoms with Crippen LogP contribution in [0.1, 0.15) is 52.4 Å². The Morgan fingerprint density at radius 3 is 2.40 bits per heavy atom. The standard InChI is InChI=1S/C22H27N7O/c1-14-16(20(30)29(28-14)15-11-9-8-10-12-15)24-26-19-17(23-7)18(25-27-19)22(5,6)13-21(2,3)4/h8-12,28H,13H2,1-6H3,(H,25,27). The molecule has 8 nitrogen and oxygen atoms in total. The first-order valence-electron chi connectivity index (χ1n) is 9.78. The monoisotopic (exact) mass is 405 g/mol. The Balaban J connectivity index is 1.97. The lowest BCUT2D eigenvalue weighted by atomic mass is 9.74. The van der Waals surface area contributed by atoms with Crippen molar-refractivity contribution in [2.75, 3.05) is 0 Å². The molecular formula is C22H27N7O. The highest BCUT2D eigenvalue weighted by molar-refractivity contribution is 5.67. The molecule has 0 amide bonds. The van der Waals surface area contributed by atoms with Crippen LogP contribution in [0.25, 0.3) is 10.5 Å². The normalized spacial score (nSPS) is 12.4. The fourth-order valence-corrected chi connectivity index (χ4v) is 3.90. The third kappa shape index (κ3) is 4.25. The summed E-state index contributed by atoms with van der Waals surface area (Å²) in [6.07, 6.45) is 0.861. The average Bonchev–Trinajstić information content (AvgIpc) is 3.20. The lowest BCUT2D eigenvalue weighted by Crippen LogP contribution is -2.25. The Labute approximate surface area is 175 Å². The summed E-state index contributed by atoms with van der Waals surface area (Å²) in [5.74, 6) is 0.188. The lowest BCUT2D eigenvalue weighted by Gasteiger charge is -2.32. The number of hydrogen-bond acceptors (Lipinski definition) is 4. The van der Waals surface area contributed by atoms with Gasteiger partial charge in [0.05, 0.1) is 23.6 Å². The summed E-state index contributed by atoms with van der Waals surface area (Å²) >= 11 is 0. The largest absolute Gasteiger partial charge is 0.299 e. The molecular weight excluding hydrogens is 378 g/mol. The van der Waals surface area contributed by atoms with Crippen LogP contribution in [0.5, 0.6) is 0 Å². The quantitative estimate of drug-likeness (QED) is 0.410. The second-order valence-corrected chi connectivity index (χ2v) is 9.27. The molecule has 0 aliphatic rings. The van der Waals surface area contributed by atoms with Crippen LogP contribution in [0.2, 0.25) is 0 Å². The van der Waals surface area contributed by atoms with Gasteiger partial charge in [-0.05, 0) is 36.3 Å². The van der Waals surface area contributed by atoms with E-state index in [2.05, 4.69) is 65.0 Å². The minimum Gasteiger partial charge on any atom is -0.293 e. The summed E-state index contributed by atoms with van der Waals surface area (Å²) in [7, 11) is 0. The Hall–Kier alpha value is -3.47. The molecule has 8 heteroatoms. The van der Waals surface area contributed by atoms with Gasteiger partial charge in [-0.25, -0.2) is 9.53 Å². The molecule has 0 spiro atoms. The maximum atomic E-state index is 12.8. The number of nitrogens with zero attached hydrogens (tertiary/aromatic N) is 5. The summed E-state index contributed by atoms with van der Waals surface area (Å²) in [5, 5.41) is 18.5. The molecule has 3 aromatic rings. The molecule has 2 N–H and O–H groups in total. The van der Waals surface area contributed by atoms with Crippen molar-refractivity contribution >= 4 is 17.2 Å². The molecule has 0 saturated heterocycles. The first-order valence-corrected chi connectivity index (χ1v) is 9.78. The molecule has 0 aliphatic heterocycles. The van der Waals surface area contributed by atoms with E-state index in [0.29, 0.717) is 17.1 Å². The molecule has 156 valence electrons. The molecule has 0 atom stereocenters. The van der Waals surface area contributed by atoms with Crippen LogP contribution < -0.4 is 5.56 Å². The zero-order valence-electron chi connectivity index (χ0n) is 18.2. The van der Waals surface area contributed by atoms with Crippen molar-refractivity contribution in [3.05, 3.63) is 63.5 Å². The van der Waals surface area contributed by atoms with E-state index in [-0.39, 0.29) is 27.9 Å². The van der Waals surface area contributed by atoms with Crippen LogP contribution in [0.3, 0.4) is 0 Å². The molecule has 0 unspecified atom stereocenters. The van der Waals surface area contributed by atoms with E-state index in [9.17, 15) is 4.79 Å². The van der Waals surface area contributed by atoms with Gasteiger partial charge in [-0.3, -0.25) is 15.0 Å². The maximum Gasteiger partial charge on any atom is 0.299 e. The van der Waals surface area contributed by atoms with Gasteiger partial charge in [0.15, 0.2) is 5.69 Å². The maximum absolute atomic E-state index is 12.8. The van der Waals surface area contributed by atoms with E-state index < -0.39 is 0 Å². The van der Waals surface area contributed by atoms with Gasteiger partial charge in [0.1, 0.15) is 0 Å². The molecule has 0 fully saturated rings. The van der Waals surface area contributed by atoms with Crippen molar-refractivity contribution in [1.82, 2.24) is 20.0 Å². The van der Waals surface area contributed by atoms with Gasteiger partial charge < -0.3 is 0 Å². The highest BCUT2D eigenvalue weighted by Crippen LogP contribution is 2.42. The first kappa shape index (κ1) is 21.2. The van der Waals surface area contributed by atoms with Gasteiger partial charge in [0.2, 0.25) is 5.82 Å². The highest BCUT2D eigenvalue weighted by atomic mass is 16.1. The zero-order chi connectivity index (χ0) is 22.1. The number of rotatable bonds is 5. The van der Waals surface area contributed by atoms with Crippen molar-refractivity contribution in [2.45, 2.75) is 53.4 Å². The van der Waals surface area contributed by atoms with E-state index in [0.717, 1.165) is 12.1 Å². The molecule has 30 heavy (non-hydrogen) atoms. The van der Waals surface area contributed by atoms with Crippen LogP contribution in [0.15, 0.2) is 45.4 Å². The molecule has 0 radical (unpaired) electrons. The lowest BCUT2D eigenvalue weighted by molar-refractivity contribution is 0.280. The Morgan fingerprint density at radius 2 is 1.80 bits per heavy atom. The van der Waals surface area contributed by atoms with E-state index in [1.54, 1.807) is 6.92 Å². The minimum absolute atomic E-state index is 0.0837. The van der Waals surface area contributed by atoms with Crippen LogP contribution in [0.4, 0.5) is 17.2 Å². The highest BCUT2D eigenvalue weighted by Gasteiger charge is 2.32. The van der Waals surface area contributed by atoms with Gasteiger partial charge in [-0.1, -0.05) is 52.8 Å². The first-order chi connectivity index (χ1) is 14.0. The number of H-pyrrole nitrogens is 2. The second kappa shape index (κ2) is 7.75. The SMILES string of the molecule is [C-]#[N+]c1c(N=Nc2c(C)[nH]n(-c3ccccc3)c2=O)n[nH]c1C(C)(C)CC(C)(C)C. The summed E-state index contributed by atoms with van der Waals surface area (Å²) in [6.45, 7) is 20.0. The van der Waals surface area contributed by atoms with E-state index in [1.807, 2.05) is 30.3 Å². The van der Waals surface area contributed by atoms with Crippen LogP contribution >= 0.6 is 0 Å². The topological polar surface area (TPSA) is 95.6 Å². The van der Waals surface area contributed by atoms with Crippen LogP contribution in [0, 0.1) is 18.9 Å². The smallest absolute Gasteiger partial charge is 0.293 e. The summed E-state index contributed by atoms with van der Waals surface area (Å²) in [6, 6.07) is 9.24. The molecule has 0 aliphatic carbocycles. The fraction of sp³-hybridized carbons (Fsp3) is 0.409. The van der Waals surface area contributed by atoms with Crippen LogP contribution in [-0.2, 0) is 5.41 Å². The Morgan fingerprint density at radius 1 is 1.13 bits per heavy atom. The summed E-state index contributed by atoms with van der Waals surface area (Å²) in [4.78, 5) is 16.4. The van der Waals surface area contributed by atoms with Gasteiger partial charge in [0, 0.05) is 0 Å². The molecule has 1 aromatic carbocycles. The number of nitrogens with one attached hydrogen (secondary N) is 2. The number of benzene rings is 1. The van der Waals surface area contributed by atoms with Gasteiger partial charge in [-0.2, -0.15) is 5.10 Å². The number of azo groups is 1. The van der Waals surface area contributed by atoms with Gasteiger partial charge in [-0.15, -0.1) is 10.2 Å². The van der Waals surface area contributed by atoms with Crippen molar-refractivity contribution in [3.8, 4) is 5.69 Å². The molecule has 2 heterocycles. The van der Waals surface area contributed by atoms with Crippen molar-refractivity contribution < 1.29 is 0 Å². The molecule has 2 aromatic heterocycles. The minimum atomic E-state index is -0.310. The number of aromatic amines is 2. The summed E-state index contributed by atoms with van der Waals surface area (Å²) < 4.78 is 1.42. The Kier molecular flexibility index (Phi) is 5.49. The third-order valence-electron chi connectivity index (χ3n) is 4.78. The summed E-state index contributed by atoms with van der Waals surface area (Å²) in [5.41, 5.74) is 2.03. The Bertz CT molecular complexity index is 1170. The molecule has 0 saturated carbocycles. The number of aryl methyl sites for hydroxylation is 1. The van der Waals surface area contributed by atoms with E-state index in [1.165, 1.54) is 4.68 Å². The number of aromatic nitrogens is 4. The van der Waals surface area contributed by atoms with Gasteiger partial charge in [0.25, 0.3) is 11.2 Å². The number of hydrogen-bond donors (Lipinski definition) is 2. The number of para-hydroxylation sites is 1. The van der Waals surface area contributed by atoms with E-state index >= 15 is 0 Å². The van der Waals surface area contributed by atoms with Crippen molar-refractivity contribution in [3.63, 3.8) is 0 Å². The van der Waals surface area contributed by atoms with Crippen LogP contribution in [-0.4, -0.2) is 20.0 Å². The molecule has 3 rings (SSSR count). The molecule has 0 bridgehead atoms. The van der Waals surface area contributed by atoms with Gasteiger partial charge >= 0.3 is 0 Å². The fourth-order valence-electron chi connectivity index (χ4n) is 3.90. The zero-order valence-corrected chi connectivity index (χ0v) is 18.2. The van der Waals surface area contributed by atoms with Crippen molar-refractivity contribution in [2.24, 2.45) is 15.6 Å². The van der Waals surface area contributed by atoms with E-state index in [4.69, 9.17) is 6.57 Å². The predicted octanol–water partition coefficient (Wildman–Crippen LogP) is 5.88. The average molecular weight is 406 g/mol. The van der Waals surface area contributed by atoms with Crippen molar-refractivity contribution in [1.29, 1.82) is 0 Å².